The quantitative estimate of drug-likeness (QED) is 0.770. The number of amides is 2. The second kappa shape index (κ2) is 9.12. The lowest BCUT2D eigenvalue weighted by Crippen LogP contribution is -2.44. The minimum Gasteiger partial charge on any atom is -0.344 e. The molecule has 1 aromatic heterocycles. The lowest BCUT2D eigenvalue weighted by Gasteiger charge is -2.18. The highest BCUT2D eigenvalue weighted by atomic mass is 32.2. The van der Waals surface area contributed by atoms with Crippen molar-refractivity contribution in [3.05, 3.63) is 43.0 Å². The Kier molecular flexibility index (Phi) is 6.87. The highest BCUT2D eigenvalue weighted by Gasteiger charge is 2.20. The smallest absolute Gasteiger partial charge is 0.246 e. The van der Waals surface area contributed by atoms with Crippen LogP contribution >= 0.6 is 11.8 Å². The molecule has 0 saturated heterocycles. The van der Waals surface area contributed by atoms with E-state index in [2.05, 4.69) is 15.6 Å². The summed E-state index contributed by atoms with van der Waals surface area (Å²) in [6.07, 6.45) is 8.17. The van der Waals surface area contributed by atoms with Crippen LogP contribution in [0.3, 0.4) is 0 Å². The fourth-order valence-electron chi connectivity index (χ4n) is 2.19. The van der Waals surface area contributed by atoms with Crippen LogP contribution in [0, 0.1) is 0 Å². The molecule has 2 aromatic rings. The van der Waals surface area contributed by atoms with E-state index in [1.807, 2.05) is 41.3 Å². The predicted octanol–water partition coefficient (Wildman–Crippen LogP) is 2.46. The molecular weight excluding hydrogens is 324 g/mol. The van der Waals surface area contributed by atoms with Gasteiger partial charge in [0, 0.05) is 30.2 Å². The largest absolute Gasteiger partial charge is 0.344 e. The number of aromatic nitrogens is 2. The van der Waals surface area contributed by atoms with Crippen molar-refractivity contribution in [3.8, 4) is 5.69 Å². The van der Waals surface area contributed by atoms with Crippen LogP contribution in [-0.4, -0.2) is 39.4 Å². The number of anilines is 1. The summed E-state index contributed by atoms with van der Waals surface area (Å²) in [5.41, 5.74) is 1.59. The zero-order chi connectivity index (χ0) is 17.4. The molecule has 1 heterocycles. The number of hydrogen-bond acceptors (Lipinski definition) is 4. The van der Waals surface area contributed by atoms with E-state index in [4.69, 9.17) is 0 Å². The average molecular weight is 346 g/mol. The molecule has 24 heavy (non-hydrogen) atoms. The molecule has 7 heteroatoms. The van der Waals surface area contributed by atoms with Gasteiger partial charge in [-0.2, -0.15) is 11.8 Å². The fourth-order valence-corrected chi connectivity index (χ4v) is 2.66. The topological polar surface area (TPSA) is 76.0 Å². The zero-order valence-corrected chi connectivity index (χ0v) is 14.7. The van der Waals surface area contributed by atoms with Crippen molar-refractivity contribution in [2.24, 2.45) is 0 Å². The first kappa shape index (κ1) is 18.1. The normalized spacial score (nSPS) is 11.8. The molecule has 2 N–H and O–H groups in total. The molecule has 0 fully saturated rings. The van der Waals surface area contributed by atoms with Crippen molar-refractivity contribution in [1.82, 2.24) is 14.9 Å². The van der Waals surface area contributed by atoms with Crippen LogP contribution in [0.4, 0.5) is 5.69 Å². The van der Waals surface area contributed by atoms with Crippen LogP contribution < -0.4 is 10.6 Å². The van der Waals surface area contributed by atoms with Crippen molar-refractivity contribution < 1.29 is 9.59 Å². The number of thioether (sulfide) groups is 1. The number of imidazole rings is 1. The summed E-state index contributed by atoms with van der Waals surface area (Å²) < 4.78 is 1.86. The number of hydrogen-bond donors (Lipinski definition) is 2. The fraction of sp³-hybridized carbons (Fsp3) is 0.353. The van der Waals surface area contributed by atoms with Crippen molar-refractivity contribution in [1.29, 1.82) is 0 Å². The average Bonchev–Trinajstić information content (AvgIpc) is 3.13. The van der Waals surface area contributed by atoms with Gasteiger partial charge in [-0.1, -0.05) is 13.0 Å². The Morgan fingerprint density at radius 3 is 2.88 bits per heavy atom. The van der Waals surface area contributed by atoms with Gasteiger partial charge in [-0.15, -0.1) is 0 Å². The van der Waals surface area contributed by atoms with Crippen LogP contribution in [0.2, 0.25) is 0 Å². The van der Waals surface area contributed by atoms with Gasteiger partial charge in [0.15, 0.2) is 0 Å². The number of carbonyl (C=O) groups excluding carboxylic acids is 2. The lowest BCUT2D eigenvalue weighted by atomic mass is 10.2. The molecular formula is C17H22N4O2S. The Morgan fingerprint density at radius 2 is 2.21 bits per heavy atom. The maximum absolute atomic E-state index is 12.5. The Morgan fingerprint density at radius 1 is 1.38 bits per heavy atom. The van der Waals surface area contributed by atoms with Gasteiger partial charge in [0.05, 0.1) is 6.33 Å². The predicted molar refractivity (Wildman–Crippen MR) is 97.4 cm³/mol. The molecule has 0 bridgehead atoms. The second-order valence-corrected chi connectivity index (χ2v) is 6.25. The SMILES string of the molecule is CCC(=O)NC(CCSC)C(=O)Nc1cccc(-n2ccnc2)c1. The maximum Gasteiger partial charge on any atom is 0.246 e. The van der Waals surface area contributed by atoms with Gasteiger partial charge < -0.3 is 15.2 Å². The number of rotatable bonds is 8. The summed E-state index contributed by atoms with van der Waals surface area (Å²) in [5.74, 6) is 0.481. The van der Waals surface area contributed by atoms with Crippen LogP contribution in [0.25, 0.3) is 5.69 Å². The van der Waals surface area contributed by atoms with Crippen molar-refractivity contribution in [2.45, 2.75) is 25.8 Å². The molecule has 2 rings (SSSR count). The number of carbonyl (C=O) groups is 2. The standard InChI is InChI=1S/C17H22N4O2S/c1-3-16(22)20-15(7-10-24-2)17(23)19-13-5-4-6-14(11-13)21-9-8-18-12-21/h4-6,8-9,11-12,15H,3,7,10H2,1-2H3,(H,19,23)(H,20,22). The minimum atomic E-state index is -0.526. The third-order valence-corrected chi connectivity index (χ3v) is 4.14. The maximum atomic E-state index is 12.5. The molecule has 0 aliphatic rings. The summed E-state index contributed by atoms with van der Waals surface area (Å²) >= 11 is 1.65. The van der Waals surface area contributed by atoms with Gasteiger partial charge >= 0.3 is 0 Å². The molecule has 1 unspecified atom stereocenters. The number of nitrogens with zero attached hydrogens (tertiary/aromatic N) is 2. The highest BCUT2D eigenvalue weighted by Crippen LogP contribution is 2.15. The lowest BCUT2D eigenvalue weighted by molar-refractivity contribution is -0.126. The Bertz CT molecular complexity index is 673. The zero-order valence-electron chi connectivity index (χ0n) is 13.9. The minimum absolute atomic E-state index is 0.122. The van der Waals surface area contributed by atoms with Crippen LogP contribution in [0.1, 0.15) is 19.8 Å². The van der Waals surface area contributed by atoms with E-state index in [-0.39, 0.29) is 11.8 Å². The molecule has 0 aliphatic heterocycles. The van der Waals surface area contributed by atoms with Crippen molar-refractivity contribution in [2.75, 3.05) is 17.3 Å². The van der Waals surface area contributed by atoms with Gasteiger partial charge in [-0.25, -0.2) is 4.98 Å². The Balaban J connectivity index is 2.08. The molecule has 0 aliphatic carbocycles. The van der Waals surface area contributed by atoms with E-state index >= 15 is 0 Å². The van der Waals surface area contributed by atoms with Crippen LogP contribution in [-0.2, 0) is 9.59 Å². The Labute approximate surface area is 146 Å². The van der Waals surface area contributed by atoms with Gasteiger partial charge in [0.25, 0.3) is 0 Å². The molecule has 2 amide bonds. The highest BCUT2D eigenvalue weighted by molar-refractivity contribution is 7.98. The van der Waals surface area contributed by atoms with Gasteiger partial charge in [-0.05, 0) is 36.6 Å². The van der Waals surface area contributed by atoms with Gasteiger partial charge in [-0.3, -0.25) is 9.59 Å². The molecule has 6 nitrogen and oxygen atoms in total. The molecule has 0 spiro atoms. The van der Waals surface area contributed by atoms with Gasteiger partial charge in [0.1, 0.15) is 6.04 Å². The third-order valence-electron chi connectivity index (χ3n) is 3.50. The first-order valence-electron chi connectivity index (χ1n) is 7.81. The molecule has 1 atom stereocenters. The van der Waals surface area contributed by atoms with E-state index in [1.165, 1.54) is 0 Å². The first-order chi connectivity index (χ1) is 11.6. The van der Waals surface area contributed by atoms with Crippen molar-refractivity contribution >= 4 is 29.3 Å². The van der Waals surface area contributed by atoms with Crippen molar-refractivity contribution in [3.63, 3.8) is 0 Å². The van der Waals surface area contributed by atoms with E-state index in [1.54, 1.807) is 31.2 Å². The third kappa shape index (κ3) is 5.13. The summed E-state index contributed by atoms with van der Waals surface area (Å²) in [4.78, 5) is 28.2. The summed E-state index contributed by atoms with van der Waals surface area (Å²) in [6, 6.07) is 6.97. The monoisotopic (exact) mass is 346 g/mol. The molecule has 0 saturated carbocycles. The van der Waals surface area contributed by atoms with E-state index in [0.29, 0.717) is 18.5 Å². The number of nitrogens with one attached hydrogen (secondary N) is 2. The number of benzene rings is 1. The molecule has 128 valence electrons. The van der Waals surface area contributed by atoms with E-state index in [9.17, 15) is 9.59 Å². The Hall–Kier alpha value is -2.28. The van der Waals surface area contributed by atoms with E-state index < -0.39 is 6.04 Å². The van der Waals surface area contributed by atoms with Gasteiger partial charge in [0.2, 0.25) is 11.8 Å². The summed E-state index contributed by atoms with van der Waals surface area (Å²) in [5, 5.41) is 5.67. The summed E-state index contributed by atoms with van der Waals surface area (Å²) in [6.45, 7) is 1.77. The summed E-state index contributed by atoms with van der Waals surface area (Å²) in [7, 11) is 0. The molecule has 1 aromatic carbocycles. The van der Waals surface area contributed by atoms with E-state index in [0.717, 1.165) is 11.4 Å². The first-order valence-corrected chi connectivity index (χ1v) is 9.21. The van der Waals surface area contributed by atoms with Crippen LogP contribution in [0.15, 0.2) is 43.0 Å². The second-order valence-electron chi connectivity index (χ2n) is 5.26. The van der Waals surface area contributed by atoms with Crippen LogP contribution in [0.5, 0.6) is 0 Å². The molecule has 0 radical (unpaired) electrons.